The lowest BCUT2D eigenvalue weighted by Gasteiger charge is -2.26. The molecule has 2 aliphatic rings. The van der Waals surface area contributed by atoms with Crippen molar-refractivity contribution in [3.05, 3.63) is 30.5 Å². The molecule has 3 aromatic rings. The van der Waals surface area contributed by atoms with Gasteiger partial charge in [-0.3, -0.25) is 0 Å². The zero-order valence-corrected chi connectivity index (χ0v) is 16.3. The van der Waals surface area contributed by atoms with Gasteiger partial charge in [0, 0.05) is 30.9 Å². The molecule has 2 aromatic heterocycles. The quantitative estimate of drug-likeness (QED) is 0.609. The Kier molecular flexibility index (Phi) is 4.76. The Bertz CT molecular complexity index is 980. The fourth-order valence-electron chi connectivity index (χ4n) is 4.20. The molecule has 152 valence electrons. The Hall–Kier alpha value is -2.78. The molecule has 1 aliphatic heterocycles. The first kappa shape index (κ1) is 18.3. The number of nitrogens with two attached hydrogens (primary N) is 1. The van der Waals surface area contributed by atoms with E-state index >= 15 is 0 Å². The van der Waals surface area contributed by atoms with Gasteiger partial charge in [0.2, 0.25) is 5.95 Å². The van der Waals surface area contributed by atoms with Crippen molar-refractivity contribution in [3.63, 3.8) is 0 Å². The maximum atomic E-state index is 9.75. The first-order valence-corrected chi connectivity index (χ1v) is 10.3. The Balaban J connectivity index is 1.37. The minimum Gasteiger partial charge on any atom is -0.391 e. The first-order chi connectivity index (χ1) is 14.2. The van der Waals surface area contributed by atoms with Crippen LogP contribution in [0.4, 0.5) is 11.6 Å². The zero-order chi connectivity index (χ0) is 19.8. The molecule has 9 heteroatoms. The number of hydrogen-bond donors (Lipinski definition) is 3. The summed E-state index contributed by atoms with van der Waals surface area (Å²) in [5, 5.41) is 21.7. The van der Waals surface area contributed by atoms with Crippen molar-refractivity contribution in [1.82, 2.24) is 25.0 Å². The monoisotopic (exact) mass is 394 g/mol. The van der Waals surface area contributed by atoms with Crippen LogP contribution < -0.4 is 16.0 Å². The van der Waals surface area contributed by atoms with Crippen LogP contribution >= 0.6 is 0 Å². The van der Waals surface area contributed by atoms with E-state index in [1.165, 1.54) is 0 Å². The average Bonchev–Trinajstić information content (AvgIpc) is 3.36. The van der Waals surface area contributed by atoms with Gasteiger partial charge in [-0.1, -0.05) is 5.21 Å². The Morgan fingerprint density at radius 3 is 2.52 bits per heavy atom. The van der Waals surface area contributed by atoms with Crippen LogP contribution in [0.5, 0.6) is 0 Å². The van der Waals surface area contributed by atoms with Gasteiger partial charge in [-0.05, 0) is 56.4 Å². The molecule has 1 aromatic carbocycles. The molecular weight excluding hydrogens is 368 g/mol. The number of anilines is 2. The topological polar surface area (TPSA) is 118 Å². The fraction of sp³-hybridized carbons (Fsp3) is 0.500. The first-order valence-electron chi connectivity index (χ1n) is 10.3. The molecule has 1 saturated carbocycles. The third-order valence-electron chi connectivity index (χ3n) is 5.92. The van der Waals surface area contributed by atoms with Gasteiger partial charge in [0.25, 0.3) is 0 Å². The van der Waals surface area contributed by atoms with Gasteiger partial charge < -0.3 is 21.1 Å². The van der Waals surface area contributed by atoms with Crippen molar-refractivity contribution in [2.45, 2.75) is 50.3 Å². The smallest absolute Gasteiger partial charge is 0.225 e. The Morgan fingerprint density at radius 2 is 1.79 bits per heavy atom. The highest BCUT2D eigenvalue weighted by molar-refractivity contribution is 5.72. The molecule has 4 N–H and O–H groups in total. The molecule has 2 fully saturated rings. The number of hydrogen-bond acceptors (Lipinski definition) is 8. The Morgan fingerprint density at radius 1 is 1.03 bits per heavy atom. The Labute approximate surface area is 168 Å². The summed E-state index contributed by atoms with van der Waals surface area (Å²) in [5.41, 5.74) is 9.33. The van der Waals surface area contributed by atoms with Gasteiger partial charge in [-0.15, -0.1) is 5.10 Å². The van der Waals surface area contributed by atoms with Gasteiger partial charge in [0.15, 0.2) is 11.2 Å². The molecule has 5 rings (SSSR count). The summed E-state index contributed by atoms with van der Waals surface area (Å²) in [7, 11) is 0. The van der Waals surface area contributed by atoms with E-state index < -0.39 is 0 Å². The van der Waals surface area contributed by atoms with Crippen molar-refractivity contribution >= 4 is 22.8 Å². The minimum absolute atomic E-state index is 0.239. The number of β-amino-alcohol motifs (C(OH)–C–C–N with tert-alkyl or cyclic N) is 1. The van der Waals surface area contributed by atoms with Gasteiger partial charge in [-0.25, -0.2) is 4.98 Å². The van der Waals surface area contributed by atoms with E-state index in [-0.39, 0.29) is 6.10 Å². The van der Waals surface area contributed by atoms with E-state index in [2.05, 4.69) is 30.5 Å². The second kappa shape index (κ2) is 7.57. The normalized spacial score (nSPS) is 24.9. The SMILES string of the molecule is N[C@H]1CC[C@H](Nc2ncc3nnn(-c4ccc(N5CC[C@H](O)C5)cc4)c3n2)CC1. The number of fused-ring (bicyclic) bond motifs is 1. The lowest BCUT2D eigenvalue weighted by molar-refractivity contribution is 0.198. The number of benzene rings is 1. The summed E-state index contributed by atoms with van der Waals surface area (Å²) >= 11 is 0. The van der Waals surface area contributed by atoms with Gasteiger partial charge >= 0.3 is 0 Å². The van der Waals surface area contributed by atoms with Crippen LogP contribution in [0.2, 0.25) is 0 Å². The molecule has 3 heterocycles. The van der Waals surface area contributed by atoms with Crippen molar-refractivity contribution in [2.75, 3.05) is 23.3 Å². The predicted octanol–water partition coefficient (Wildman–Crippen LogP) is 1.46. The third kappa shape index (κ3) is 3.75. The van der Waals surface area contributed by atoms with E-state index in [9.17, 15) is 5.11 Å². The zero-order valence-electron chi connectivity index (χ0n) is 16.3. The predicted molar refractivity (Wildman–Crippen MR) is 111 cm³/mol. The van der Waals surface area contributed by atoms with E-state index in [0.29, 0.717) is 35.7 Å². The molecule has 1 atom stereocenters. The van der Waals surface area contributed by atoms with Crippen LogP contribution in [0.15, 0.2) is 30.5 Å². The standard InChI is InChI=1S/C20H26N8O/c21-13-1-3-14(4-2-13)23-20-22-11-18-19(24-20)28(26-25-18)16-7-5-15(6-8-16)27-10-9-17(29)12-27/h5-8,11,13-14,17,29H,1-4,9-10,12,21H2,(H,22,23,24)/t13-,14-,17-/m0/s1. The highest BCUT2D eigenvalue weighted by atomic mass is 16.3. The molecule has 0 bridgehead atoms. The second-order valence-electron chi connectivity index (χ2n) is 8.06. The number of rotatable bonds is 4. The van der Waals surface area contributed by atoms with Gasteiger partial charge in [-0.2, -0.15) is 9.67 Å². The largest absolute Gasteiger partial charge is 0.391 e. The molecule has 0 unspecified atom stereocenters. The summed E-state index contributed by atoms with van der Waals surface area (Å²) in [4.78, 5) is 11.3. The van der Waals surface area contributed by atoms with Crippen molar-refractivity contribution in [3.8, 4) is 5.69 Å². The van der Waals surface area contributed by atoms with E-state index in [4.69, 9.17) is 5.73 Å². The van der Waals surface area contributed by atoms with E-state index in [1.54, 1.807) is 10.9 Å². The van der Waals surface area contributed by atoms with Crippen LogP contribution in [-0.2, 0) is 0 Å². The summed E-state index contributed by atoms with van der Waals surface area (Å²) < 4.78 is 1.74. The van der Waals surface area contributed by atoms with Crippen LogP contribution in [0.1, 0.15) is 32.1 Å². The summed E-state index contributed by atoms with van der Waals surface area (Å²) in [6.07, 6.45) is 6.41. The van der Waals surface area contributed by atoms with Crippen LogP contribution in [0, 0.1) is 0 Å². The number of aromatic nitrogens is 5. The van der Waals surface area contributed by atoms with Crippen LogP contribution in [0.25, 0.3) is 16.9 Å². The number of aliphatic hydroxyl groups is 1. The number of aliphatic hydroxyl groups excluding tert-OH is 1. The molecule has 0 spiro atoms. The average molecular weight is 394 g/mol. The highest BCUT2D eigenvalue weighted by Gasteiger charge is 2.21. The molecule has 29 heavy (non-hydrogen) atoms. The summed E-state index contributed by atoms with van der Waals surface area (Å²) in [6, 6.07) is 8.78. The maximum absolute atomic E-state index is 9.75. The van der Waals surface area contributed by atoms with Gasteiger partial charge in [0.1, 0.15) is 0 Å². The van der Waals surface area contributed by atoms with Crippen LogP contribution in [0.3, 0.4) is 0 Å². The third-order valence-corrected chi connectivity index (χ3v) is 5.92. The minimum atomic E-state index is -0.239. The second-order valence-corrected chi connectivity index (χ2v) is 8.06. The fourth-order valence-corrected chi connectivity index (χ4v) is 4.20. The molecule has 1 saturated heterocycles. The van der Waals surface area contributed by atoms with E-state index in [1.807, 2.05) is 24.3 Å². The van der Waals surface area contributed by atoms with Crippen molar-refractivity contribution < 1.29 is 5.11 Å². The lowest BCUT2D eigenvalue weighted by atomic mass is 9.92. The van der Waals surface area contributed by atoms with Crippen molar-refractivity contribution in [1.29, 1.82) is 0 Å². The maximum Gasteiger partial charge on any atom is 0.225 e. The summed E-state index contributed by atoms with van der Waals surface area (Å²) in [5.74, 6) is 0.601. The van der Waals surface area contributed by atoms with Gasteiger partial charge in [0.05, 0.1) is 18.0 Å². The highest BCUT2D eigenvalue weighted by Crippen LogP contribution is 2.24. The molecule has 0 amide bonds. The summed E-state index contributed by atoms with van der Waals surface area (Å²) in [6.45, 7) is 1.56. The number of nitrogens with one attached hydrogen (secondary N) is 1. The molecule has 9 nitrogen and oxygen atoms in total. The van der Waals surface area contributed by atoms with E-state index in [0.717, 1.165) is 50.0 Å². The molecule has 1 aliphatic carbocycles. The number of nitrogens with zero attached hydrogens (tertiary/aromatic N) is 6. The molecule has 0 radical (unpaired) electrons. The molecular formula is C20H26N8O. The lowest BCUT2D eigenvalue weighted by Crippen LogP contribution is -2.33. The van der Waals surface area contributed by atoms with Crippen LogP contribution in [-0.4, -0.2) is 61.3 Å². The van der Waals surface area contributed by atoms with Crippen molar-refractivity contribution in [2.24, 2.45) is 5.73 Å².